The Balaban J connectivity index is 0.00000113. The molecule has 4 heteroatoms. The van der Waals surface area contributed by atoms with E-state index in [1.165, 1.54) is 38.5 Å². The van der Waals surface area contributed by atoms with Crippen molar-refractivity contribution in [3.8, 4) is 0 Å². The van der Waals surface area contributed by atoms with Crippen molar-refractivity contribution in [1.29, 1.82) is 0 Å². The number of carboxylic acid groups (broad SMARTS) is 1. The summed E-state index contributed by atoms with van der Waals surface area (Å²) in [6, 6.07) is 0. The van der Waals surface area contributed by atoms with Crippen LogP contribution in [0.3, 0.4) is 0 Å². The SMILES string of the molecule is O=C(O)CCCCCCCCCCCCCC(=O)[C]1[CH][CH][CH][CH]1.[CH]1[CH][CH][CH][CH]1.[Fe+2]. The summed E-state index contributed by atoms with van der Waals surface area (Å²) in [5, 5.41) is 8.53. The van der Waals surface area contributed by atoms with Crippen molar-refractivity contribution >= 4 is 11.8 Å². The van der Waals surface area contributed by atoms with Crippen molar-refractivity contribution in [3.05, 3.63) is 63.7 Å². The molecule has 1 N–H and O–H groups in total. The number of carbonyl (C=O) groups is 2. The van der Waals surface area contributed by atoms with Gasteiger partial charge in [0.1, 0.15) is 5.78 Å². The summed E-state index contributed by atoms with van der Waals surface area (Å²) in [7, 11) is 0. The molecule has 2 fully saturated rings. The van der Waals surface area contributed by atoms with E-state index >= 15 is 0 Å². The smallest absolute Gasteiger partial charge is 0.481 e. The summed E-state index contributed by atoms with van der Waals surface area (Å²) in [5.74, 6) is 0.452. The van der Waals surface area contributed by atoms with Gasteiger partial charge in [-0.2, -0.15) is 0 Å². The molecule has 0 aromatic carbocycles. The minimum atomic E-state index is -0.679. The summed E-state index contributed by atoms with van der Waals surface area (Å²) in [5.41, 5.74) is 0. The van der Waals surface area contributed by atoms with Crippen LogP contribution in [0.2, 0.25) is 0 Å². The van der Waals surface area contributed by atoms with Gasteiger partial charge in [0.05, 0.1) is 0 Å². The molecule has 3 nitrogen and oxygen atoms in total. The van der Waals surface area contributed by atoms with Crippen molar-refractivity contribution < 1.29 is 31.8 Å². The molecule has 0 spiro atoms. The van der Waals surface area contributed by atoms with E-state index in [-0.39, 0.29) is 22.9 Å². The van der Waals surface area contributed by atoms with Crippen molar-refractivity contribution in [2.24, 2.45) is 0 Å². The predicted octanol–water partition coefficient (Wildman–Crippen LogP) is 6.14. The van der Waals surface area contributed by atoms with Crippen LogP contribution in [0.15, 0.2) is 0 Å². The van der Waals surface area contributed by atoms with E-state index in [4.69, 9.17) is 5.11 Å². The van der Waals surface area contributed by atoms with Gasteiger partial charge in [-0.15, -0.1) is 0 Å². The molecule has 0 heterocycles. The summed E-state index contributed by atoms with van der Waals surface area (Å²) < 4.78 is 0. The van der Waals surface area contributed by atoms with Gasteiger partial charge in [-0.3, -0.25) is 9.59 Å². The van der Waals surface area contributed by atoms with E-state index in [2.05, 4.69) is 0 Å². The third-order valence-electron chi connectivity index (χ3n) is 4.83. The van der Waals surface area contributed by atoms with Crippen LogP contribution in [0.4, 0.5) is 0 Å². The van der Waals surface area contributed by atoms with E-state index in [1.807, 2.05) is 57.8 Å². The third-order valence-corrected chi connectivity index (χ3v) is 4.83. The number of Topliss-reactive ketones (excluding diaryl/α,β-unsaturated/α-hetero) is 1. The second-order valence-electron chi connectivity index (χ2n) is 7.34. The van der Waals surface area contributed by atoms with Crippen molar-refractivity contribution in [3.63, 3.8) is 0 Å². The Kier molecular flexibility index (Phi) is 20.7. The third kappa shape index (κ3) is 18.2. The Morgan fingerprint density at radius 1 is 0.552 bits per heavy atom. The fourth-order valence-corrected chi connectivity index (χ4v) is 3.18. The zero-order valence-electron chi connectivity index (χ0n) is 17.5. The minimum absolute atomic E-state index is 0. The van der Waals surface area contributed by atoms with Gasteiger partial charge in [0, 0.05) is 18.8 Å². The Bertz CT molecular complexity index is 380. The van der Waals surface area contributed by atoms with Crippen molar-refractivity contribution in [2.45, 2.75) is 83.5 Å². The number of carbonyl (C=O) groups excluding carboxylic acids is 1. The molecule has 2 saturated carbocycles. The zero-order valence-corrected chi connectivity index (χ0v) is 18.6. The zero-order chi connectivity index (χ0) is 20.3. The molecule has 2 aliphatic carbocycles. The fourth-order valence-electron chi connectivity index (χ4n) is 3.18. The molecule has 160 valence electrons. The van der Waals surface area contributed by atoms with E-state index in [0.717, 1.165) is 38.0 Å². The normalized spacial score (nSPS) is 16.1. The van der Waals surface area contributed by atoms with Crippen molar-refractivity contribution in [2.75, 3.05) is 0 Å². The first-order chi connectivity index (χ1) is 13.7. The Morgan fingerprint density at radius 3 is 1.28 bits per heavy atom. The minimum Gasteiger partial charge on any atom is -0.481 e. The molecular weight excluding hydrogens is 404 g/mol. The molecule has 0 bridgehead atoms. The summed E-state index contributed by atoms with van der Waals surface area (Å²) in [6.07, 6.45) is 31.4. The van der Waals surface area contributed by atoms with Crippen LogP contribution in [-0.2, 0) is 26.7 Å². The maximum absolute atomic E-state index is 11.8. The first-order valence-corrected chi connectivity index (χ1v) is 10.8. The molecule has 0 unspecified atom stereocenters. The predicted molar refractivity (Wildman–Crippen MR) is 115 cm³/mol. The number of carboxylic acids is 1. The summed E-state index contributed by atoms with van der Waals surface area (Å²) in [6.45, 7) is 0. The average Bonchev–Trinajstić information content (AvgIpc) is 3.41. The topological polar surface area (TPSA) is 54.4 Å². The van der Waals surface area contributed by atoms with Crippen LogP contribution in [0.5, 0.6) is 0 Å². The van der Waals surface area contributed by atoms with E-state index in [1.54, 1.807) is 0 Å². The van der Waals surface area contributed by atoms with Crippen LogP contribution < -0.4 is 0 Å². The first kappa shape index (κ1) is 28.7. The van der Waals surface area contributed by atoms with Gasteiger partial charge in [-0.05, 0) is 70.6 Å². The van der Waals surface area contributed by atoms with Crippen LogP contribution in [0.1, 0.15) is 83.5 Å². The number of ketones is 1. The molecule has 2 rings (SSSR count). The number of aliphatic carboxylic acids is 1. The quantitative estimate of drug-likeness (QED) is 0.246. The number of rotatable bonds is 15. The maximum Gasteiger partial charge on any atom is 2.00 e. The fraction of sp³-hybridized carbons (Fsp3) is 0.520. The monoisotopic (exact) mass is 440 g/mol. The molecule has 2 aliphatic rings. The molecule has 0 atom stereocenters. The molecule has 0 aliphatic heterocycles. The van der Waals surface area contributed by atoms with Gasteiger partial charge in [-0.1, -0.05) is 57.8 Å². The molecular formula is C25H36FeO3+2. The standard InChI is InChI=1S/C20H31O3.C5H5.Fe/c21-19(18-14-12-13-15-18)16-10-8-6-4-2-1-3-5-7-9-11-17-20(22)23;1-2-4-5-3-1;/h12-15H,1-11,16-17H2,(H,22,23);1-5H;/q;;+2. The van der Waals surface area contributed by atoms with Gasteiger partial charge in [0.15, 0.2) is 0 Å². The molecule has 0 amide bonds. The molecule has 0 saturated heterocycles. The Hall–Kier alpha value is -0.341. The Labute approximate surface area is 190 Å². The second kappa shape index (κ2) is 20.9. The largest absolute Gasteiger partial charge is 2.00 e. The molecule has 0 aromatic heterocycles. The Morgan fingerprint density at radius 2 is 0.897 bits per heavy atom. The van der Waals surface area contributed by atoms with E-state index in [9.17, 15) is 9.59 Å². The van der Waals surface area contributed by atoms with Crippen LogP contribution >= 0.6 is 0 Å². The maximum atomic E-state index is 11.8. The second-order valence-corrected chi connectivity index (χ2v) is 7.34. The summed E-state index contributed by atoms with van der Waals surface area (Å²) in [4.78, 5) is 22.2. The first-order valence-electron chi connectivity index (χ1n) is 10.8. The molecule has 0 aromatic rings. The van der Waals surface area contributed by atoms with Gasteiger partial charge in [0.2, 0.25) is 0 Å². The van der Waals surface area contributed by atoms with Crippen LogP contribution in [-0.4, -0.2) is 16.9 Å². The number of hydrogen-bond donors (Lipinski definition) is 1. The number of unbranched alkanes of at least 4 members (excludes halogenated alkanes) is 10. The van der Waals surface area contributed by atoms with Gasteiger partial charge in [0.25, 0.3) is 0 Å². The van der Waals surface area contributed by atoms with Crippen LogP contribution in [0.25, 0.3) is 0 Å². The molecule has 29 heavy (non-hydrogen) atoms. The van der Waals surface area contributed by atoms with Crippen molar-refractivity contribution in [1.82, 2.24) is 0 Å². The molecule has 10 radical (unpaired) electrons. The van der Waals surface area contributed by atoms with Crippen LogP contribution in [0, 0.1) is 63.7 Å². The van der Waals surface area contributed by atoms with Gasteiger partial charge < -0.3 is 5.11 Å². The average molecular weight is 440 g/mol. The van der Waals surface area contributed by atoms with E-state index in [0.29, 0.717) is 12.8 Å². The van der Waals surface area contributed by atoms with Gasteiger partial charge >= 0.3 is 23.0 Å². The summed E-state index contributed by atoms with van der Waals surface area (Å²) >= 11 is 0. The van der Waals surface area contributed by atoms with Gasteiger partial charge in [-0.25, -0.2) is 0 Å². The van der Waals surface area contributed by atoms with E-state index < -0.39 is 5.97 Å². The number of hydrogen-bond acceptors (Lipinski definition) is 2.